The van der Waals surface area contributed by atoms with E-state index in [0.29, 0.717) is 47.1 Å². The highest BCUT2D eigenvalue weighted by molar-refractivity contribution is 6.31. The maximum Gasteiger partial charge on any atom is 0.323 e. The second-order valence-electron chi connectivity index (χ2n) is 7.40. The molecule has 0 bridgehead atoms. The summed E-state index contributed by atoms with van der Waals surface area (Å²) in [6.45, 7) is 8.61. The predicted octanol–water partition coefficient (Wildman–Crippen LogP) is 3.55. The van der Waals surface area contributed by atoms with Gasteiger partial charge in [-0.15, -0.1) is 0 Å². The Balaban J connectivity index is 1.75. The average molecular weight is 449 g/mol. The maximum absolute atomic E-state index is 12.7. The van der Waals surface area contributed by atoms with E-state index in [1.54, 1.807) is 29.9 Å². The lowest BCUT2D eigenvalue weighted by Gasteiger charge is -2.28. The van der Waals surface area contributed by atoms with Crippen LogP contribution < -0.4 is 10.6 Å². The molecule has 2 aromatic heterocycles. The van der Waals surface area contributed by atoms with Crippen molar-refractivity contribution in [2.45, 2.75) is 39.7 Å². The molecule has 2 amide bonds. The lowest BCUT2D eigenvalue weighted by atomic mass is 10.1. The van der Waals surface area contributed by atoms with E-state index in [4.69, 9.17) is 16.3 Å². The molecule has 0 saturated carbocycles. The number of nitrogens with zero attached hydrogens (tertiary/aromatic N) is 4. The molecule has 1 atom stereocenters. The molecule has 10 heteroatoms. The number of aliphatic imine (C=N–C) groups is 1. The minimum absolute atomic E-state index is 0.415. The molecule has 0 aromatic carbocycles. The summed E-state index contributed by atoms with van der Waals surface area (Å²) < 4.78 is 6.94. The topological polar surface area (TPSA) is 103 Å². The zero-order valence-corrected chi connectivity index (χ0v) is 18.8. The molecule has 0 unspecified atom stereocenters. The van der Waals surface area contributed by atoms with Gasteiger partial charge in [-0.2, -0.15) is 5.10 Å². The Morgan fingerprint density at radius 3 is 2.87 bits per heavy atom. The number of carbonyl (C=O) groups excluding carboxylic acids is 1. The van der Waals surface area contributed by atoms with Crippen LogP contribution in [0.1, 0.15) is 45.3 Å². The number of aliphatic hydroxyl groups is 1. The van der Waals surface area contributed by atoms with Gasteiger partial charge in [-0.3, -0.25) is 0 Å². The number of rotatable bonds is 6. The molecule has 0 radical (unpaired) electrons. The number of anilines is 1. The van der Waals surface area contributed by atoms with Crippen LogP contribution in [0.25, 0.3) is 5.52 Å². The standard InChI is InChI=1S/C21H29ClN6O3/c1-4-5-17(11-23-15(3)27-6-8-31-9-7-27)25-21(30)26-18-12-24-28-13-16(22)10-19(28)20(18)14(2)29/h10-14,29H,4-9H2,1-3H3,(H2,25,26,30)/b17-11+,23-15+/t14-/m0/s1. The SMILES string of the molecule is CCC/C(=C\N=C(/C)N1CCOCC1)NC(=O)Nc1cnn2cc(Cl)cc2c1[C@H](C)O. The minimum Gasteiger partial charge on any atom is -0.389 e. The number of amidine groups is 1. The van der Waals surface area contributed by atoms with Gasteiger partial charge >= 0.3 is 6.03 Å². The van der Waals surface area contributed by atoms with Crippen LogP contribution >= 0.6 is 11.6 Å². The van der Waals surface area contributed by atoms with E-state index in [0.717, 1.165) is 25.3 Å². The van der Waals surface area contributed by atoms with Crippen molar-refractivity contribution >= 4 is 34.7 Å². The second-order valence-corrected chi connectivity index (χ2v) is 7.83. The first-order chi connectivity index (χ1) is 14.9. The number of morpholine rings is 1. The van der Waals surface area contributed by atoms with Gasteiger partial charge in [0.05, 0.1) is 41.7 Å². The molecule has 1 fully saturated rings. The summed E-state index contributed by atoms with van der Waals surface area (Å²) in [5, 5.41) is 20.7. The fourth-order valence-electron chi connectivity index (χ4n) is 3.45. The monoisotopic (exact) mass is 448 g/mol. The van der Waals surface area contributed by atoms with Crippen LogP contribution in [0.4, 0.5) is 10.5 Å². The maximum atomic E-state index is 12.7. The van der Waals surface area contributed by atoms with Crippen LogP contribution in [-0.4, -0.2) is 57.8 Å². The van der Waals surface area contributed by atoms with Crippen molar-refractivity contribution in [2.24, 2.45) is 4.99 Å². The van der Waals surface area contributed by atoms with E-state index in [9.17, 15) is 9.90 Å². The van der Waals surface area contributed by atoms with E-state index in [2.05, 4.69) is 25.6 Å². The summed E-state index contributed by atoms with van der Waals surface area (Å²) in [6, 6.07) is 1.27. The fourth-order valence-corrected chi connectivity index (χ4v) is 3.65. The molecule has 1 aliphatic heterocycles. The number of carbonyl (C=O) groups is 1. The van der Waals surface area contributed by atoms with Crippen LogP contribution in [0.5, 0.6) is 0 Å². The molecule has 168 valence electrons. The highest BCUT2D eigenvalue weighted by atomic mass is 35.5. The van der Waals surface area contributed by atoms with Crippen molar-refractivity contribution in [2.75, 3.05) is 31.6 Å². The number of hydrogen-bond donors (Lipinski definition) is 3. The quantitative estimate of drug-likeness (QED) is 0.463. The van der Waals surface area contributed by atoms with E-state index >= 15 is 0 Å². The van der Waals surface area contributed by atoms with E-state index < -0.39 is 12.1 Å². The van der Waals surface area contributed by atoms with Crippen LogP contribution in [-0.2, 0) is 4.74 Å². The molecule has 9 nitrogen and oxygen atoms in total. The van der Waals surface area contributed by atoms with Crippen LogP contribution in [0, 0.1) is 0 Å². The Morgan fingerprint density at radius 2 is 2.19 bits per heavy atom. The summed E-state index contributed by atoms with van der Waals surface area (Å²) >= 11 is 6.07. The summed E-state index contributed by atoms with van der Waals surface area (Å²) in [5.74, 6) is 0.885. The number of aromatic nitrogens is 2. The number of allylic oxidation sites excluding steroid dienone is 1. The van der Waals surface area contributed by atoms with Crippen molar-refractivity contribution in [3.63, 3.8) is 0 Å². The lowest BCUT2D eigenvalue weighted by Crippen LogP contribution is -2.39. The number of halogens is 1. The van der Waals surface area contributed by atoms with Gasteiger partial charge in [0, 0.05) is 36.7 Å². The van der Waals surface area contributed by atoms with Gasteiger partial charge in [-0.25, -0.2) is 14.3 Å². The van der Waals surface area contributed by atoms with Gasteiger partial charge < -0.3 is 25.4 Å². The van der Waals surface area contributed by atoms with Gasteiger partial charge in [0.1, 0.15) is 5.84 Å². The highest BCUT2D eigenvalue weighted by Crippen LogP contribution is 2.29. The zero-order chi connectivity index (χ0) is 22.4. The van der Waals surface area contributed by atoms with E-state index in [1.165, 1.54) is 6.20 Å². The molecule has 3 N–H and O–H groups in total. The molecule has 3 heterocycles. The predicted molar refractivity (Wildman–Crippen MR) is 121 cm³/mol. The molecule has 0 aliphatic carbocycles. The first-order valence-corrected chi connectivity index (χ1v) is 10.8. The number of amides is 2. The summed E-state index contributed by atoms with van der Waals surface area (Å²) in [6.07, 6.45) is 5.53. The van der Waals surface area contributed by atoms with E-state index in [-0.39, 0.29) is 0 Å². The number of aliphatic hydroxyl groups excluding tert-OH is 1. The third-order valence-electron chi connectivity index (χ3n) is 4.98. The summed E-state index contributed by atoms with van der Waals surface area (Å²) in [4.78, 5) is 19.4. The van der Waals surface area contributed by atoms with Crippen molar-refractivity contribution in [1.82, 2.24) is 19.8 Å². The third-order valence-corrected chi connectivity index (χ3v) is 5.19. The largest absolute Gasteiger partial charge is 0.389 e. The van der Waals surface area contributed by atoms with Gasteiger partial charge in [0.15, 0.2) is 0 Å². The normalized spacial score (nSPS) is 16.5. The second kappa shape index (κ2) is 10.6. The van der Waals surface area contributed by atoms with Gasteiger partial charge in [0.25, 0.3) is 0 Å². The number of fused-ring (bicyclic) bond motifs is 1. The molecule has 31 heavy (non-hydrogen) atoms. The fraction of sp³-hybridized carbons (Fsp3) is 0.476. The van der Waals surface area contributed by atoms with Gasteiger partial charge in [-0.1, -0.05) is 24.9 Å². The smallest absolute Gasteiger partial charge is 0.323 e. The zero-order valence-electron chi connectivity index (χ0n) is 18.1. The van der Waals surface area contributed by atoms with Crippen LogP contribution in [0.3, 0.4) is 0 Å². The Labute approximate surface area is 186 Å². The van der Waals surface area contributed by atoms with Crippen LogP contribution in [0.15, 0.2) is 35.3 Å². The molecule has 1 aliphatic rings. The number of urea groups is 1. The van der Waals surface area contributed by atoms with Gasteiger partial charge in [0.2, 0.25) is 0 Å². The molecule has 1 saturated heterocycles. The Kier molecular flexibility index (Phi) is 7.89. The van der Waals surface area contributed by atoms with Crippen molar-refractivity contribution < 1.29 is 14.6 Å². The summed E-state index contributed by atoms with van der Waals surface area (Å²) in [7, 11) is 0. The molecule has 3 rings (SSSR count). The number of hydrogen-bond acceptors (Lipinski definition) is 5. The summed E-state index contributed by atoms with van der Waals surface area (Å²) in [5.41, 5.74) is 2.29. The third kappa shape index (κ3) is 5.96. The molecular formula is C21H29ClN6O3. The Hall–Kier alpha value is -2.62. The average Bonchev–Trinajstić information content (AvgIpc) is 3.12. The van der Waals surface area contributed by atoms with Crippen molar-refractivity contribution in [3.05, 3.63) is 40.9 Å². The van der Waals surface area contributed by atoms with Crippen molar-refractivity contribution in [1.29, 1.82) is 0 Å². The molecule has 2 aromatic rings. The minimum atomic E-state index is -0.821. The van der Waals surface area contributed by atoms with Crippen molar-refractivity contribution in [3.8, 4) is 0 Å². The van der Waals surface area contributed by atoms with Gasteiger partial charge in [-0.05, 0) is 26.3 Å². The molecular weight excluding hydrogens is 420 g/mol. The highest BCUT2D eigenvalue weighted by Gasteiger charge is 2.17. The number of ether oxygens (including phenoxy) is 1. The number of nitrogens with one attached hydrogen (secondary N) is 2. The first kappa shape index (κ1) is 23.1. The lowest BCUT2D eigenvalue weighted by molar-refractivity contribution is 0.0678. The Morgan fingerprint density at radius 1 is 1.45 bits per heavy atom. The first-order valence-electron chi connectivity index (χ1n) is 10.4. The Bertz CT molecular complexity index is 979. The molecule has 0 spiro atoms. The van der Waals surface area contributed by atoms with E-state index in [1.807, 2.05) is 13.8 Å². The van der Waals surface area contributed by atoms with Crippen LogP contribution in [0.2, 0.25) is 5.02 Å².